The van der Waals surface area contributed by atoms with E-state index in [0.29, 0.717) is 16.6 Å². The average Bonchev–Trinajstić information content (AvgIpc) is 2.15. The predicted molar refractivity (Wildman–Crippen MR) is 58.9 cm³/mol. The molecular weight excluding hydrogens is 181 g/mol. The number of ether oxygens (including phenoxy) is 1. The quantitative estimate of drug-likeness (QED) is 0.541. The van der Waals surface area contributed by atoms with Gasteiger partial charge in [-0.2, -0.15) is 0 Å². The first kappa shape index (κ1) is 6.77. The normalized spacial score (nSPS) is 14.9. The number of hydrogen-bond acceptors (Lipinski definition) is 2. The topological polar surface area (TPSA) is 9.23 Å². The van der Waals surface area contributed by atoms with Crippen molar-refractivity contribution in [3.05, 3.63) is 23.8 Å². The molecule has 0 bridgehead atoms. The molecule has 0 unspecified atom stereocenters. The van der Waals surface area contributed by atoms with Crippen LogP contribution in [-0.2, 0) is 0 Å². The van der Waals surface area contributed by atoms with Crippen LogP contribution >= 0.6 is 11.8 Å². The minimum atomic E-state index is -2.04. The molecule has 1 nitrogen and oxygen atoms in total. The minimum absolute atomic E-state index is 0.377. The van der Waals surface area contributed by atoms with Gasteiger partial charge in [-0.25, -0.2) is 0 Å². The van der Waals surface area contributed by atoms with E-state index in [9.17, 15) is 0 Å². The van der Waals surface area contributed by atoms with Crippen LogP contribution < -0.4 is 4.74 Å². The Labute approximate surface area is 88.7 Å². The van der Waals surface area contributed by atoms with Crippen LogP contribution in [0.5, 0.6) is 5.75 Å². The molecule has 0 saturated heterocycles. The highest BCUT2D eigenvalue weighted by Crippen LogP contribution is 2.30. The van der Waals surface area contributed by atoms with E-state index in [1.165, 1.54) is 0 Å². The van der Waals surface area contributed by atoms with Gasteiger partial charge in [-0.05, 0) is 29.8 Å². The predicted octanol–water partition coefficient (Wildman–Crippen LogP) is 3.54. The zero-order valence-electron chi connectivity index (χ0n) is 11.1. The third-order valence-corrected chi connectivity index (χ3v) is 2.50. The van der Waals surface area contributed by atoms with Crippen LogP contribution in [0.15, 0.2) is 23.1 Å². The summed E-state index contributed by atoms with van der Waals surface area (Å²) < 4.78 is 26.9. The van der Waals surface area contributed by atoms with Crippen LogP contribution in [0.3, 0.4) is 0 Å². The Bertz CT molecular complexity index is 361. The lowest BCUT2D eigenvalue weighted by Gasteiger charge is -2.10. The Morgan fingerprint density at radius 1 is 1.46 bits per heavy atom. The maximum atomic E-state index is 7.26. The maximum Gasteiger partial charge on any atom is 0.132 e. The molecule has 0 saturated carbocycles. The van der Waals surface area contributed by atoms with E-state index in [4.69, 9.17) is 8.85 Å². The third kappa shape index (κ3) is 2.41. The molecule has 1 rings (SSSR count). The van der Waals surface area contributed by atoms with E-state index in [0.717, 1.165) is 17.3 Å². The van der Waals surface area contributed by atoms with Gasteiger partial charge in [-0.3, -0.25) is 0 Å². The number of rotatable bonds is 3. The van der Waals surface area contributed by atoms with E-state index < -0.39 is 6.18 Å². The second-order valence-electron chi connectivity index (χ2n) is 3.17. The molecule has 1 aromatic rings. The summed E-state index contributed by atoms with van der Waals surface area (Å²) in [5, 5.41) is 0. The zero-order valence-corrected chi connectivity index (χ0v) is 8.94. The van der Waals surface area contributed by atoms with Gasteiger partial charge in [0.1, 0.15) is 5.75 Å². The molecule has 2 heteroatoms. The number of hydrogen-bond donors (Lipinski definition) is 0. The Balaban J connectivity index is 3.07. The second kappa shape index (κ2) is 4.56. The summed E-state index contributed by atoms with van der Waals surface area (Å²) in [6, 6.07) is 5.68. The molecule has 72 valence electrons. The van der Waals surface area contributed by atoms with E-state index in [1.807, 2.05) is 18.2 Å². The first-order chi connectivity index (χ1) is 7.33. The van der Waals surface area contributed by atoms with Gasteiger partial charge in [-0.1, -0.05) is 19.9 Å². The second-order valence-corrected chi connectivity index (χ2v) is 3.81. The molecule has 0 aliphatic carbocycles. The van der Waals surface area contributed by atoms with Gasteiger partial charge in [0.15, 0.2) is 0 Å². The molecule has 0 fully saturated rings. The lowest BCUT2D eigenvalue weighted by atomic mass is 10.0. The number of benzene rings is 1. The highest BCUT2D eigenvalue weighted by atomic mass is 32.2. The monoisotopic (exact) mass is 197 g/mol. The average molecular weight is 197 g/mol. The fourth-order valence-corrected chi connectivity index (χ4v) is 1.58. The summed E-state index contributed by atoms with van der Waals surface area (Å²) in [5.74, 6) is 0.993. The van der Waals surface area contributed by atoms with Crippen molar-refractivity contribution in [3.63, 3.8) is 0 Å². The number of thioether (sulfide) groups is 1. The fourth-order valence-electron chi connectivity index (χ4n) is 1.13. The SMILES string of the molecule is [1H][13C]([1H])([1H])Sc1cc(C(C)C)ccc1OC. The summed E-state index contributed by atoms with van der Waals surface area (Å²) in [6.07, 6.45) is -2.04. The first-order valence-electron chi connectivity index (χ1n) is 5.70. The molecule has 0 aromatic heterocycles. The van der Waals surface area contributed by atoms with Crippen LogP contribution in [-0.4, -0.2) is 13.3 Å². The van der Waals surface area contributed by atoms with Crippen molar-refractivity contribution in [2.75, 3.05) is 13.3 Å². The van der Waals surface area contributed by atoms with Gasteiger partial charge in [0, 0.05) is 9.01 Å². The summed E-state index contributed by atoms with van der Waals surface area (Å²) in [6.45, 7) is 4.15. The van der Waals surface area contributed by atoms with Gasteiger partial charge in [0.25, 0.3) is 0 Å². The van der Waals surface area contributed by atoms with Crippen LogP contribution in [0.25, 0.3) is 0 Å². The lowest BCUT2D eigenvalue weighted by Crippen LogP contribution is -1.91. The highest BCUT2D eigenvalue weighted by Gasteiger charge is 2.05. The van der Waals surface area contributed by atoms with Crippen molar-refractivity contribution >= 4 is 11.8 Å². The van der Waals surface area contributed by atoms with Crippen molar-refractivity contribution in [2.45, 2.75) is 24.7 Å². The molecule has 0 aliphatic heterocycles. The molecule has 1 aromatic carbocycles. The summed E-state index contributed by atoms with van der Waals surface area (Å²) in [7, 11) is 1.55. The molecule has 0 amide bonds. The number of methoxy groups -OCH3 is 1. The van der Waals surface area contributed by atoms with Gasteiger partial charge >= 0.3 is 0 Å². The zero-order chi connectivity index (χ0) is 12.3. The molecule has 0 aliphatic rings. The standard InChI is InChI=1S/C11H16OS/c1-8(2)9-5-6-10(12-3)11(7-9)13-4/h5-8H,1-4H3/i4+1H3. The smallest absolute Gasteiger partial charge is 0.132 e. The van der Waals surface area contributed by atoms with Crippen molar-refractivity contribution in [1.29, 1.82) is 0 Å². The van der Waals surface area contributed by atoms with Crippen molar-refractivity contribution < 1.29 is 8.85 Å². The van der Waals surface area contributed by atoms with Gasteiger partial charge in [0.05, 0.1) is 7.11 Å². The largest absolute Gasteiger partial charge is 0.496 e. The van der Waals surface area contributed by atoms with E-state index >= 15 is 0 Å². The summed E-state index contributed by atoms with van der Waals surface area (Å²) in [5.41, 5.74) is 1.12. The minimum Gasteiger partial charge on any atom is -0.496 e. The Kier molecular flexibility index (Phi) is 2.38. The van der Waals surface area contributed by atoms with Crippen molar-refractivity contribution in [1.82, 2.24) is 0 Å². The lowest BCUT2D eigenvalue weighted by molar-refractivity contribution is 0.404. The molecular formula is C11H16OS. The van der Waals surface area contributed by atoms with E-state index in [2.05, 4.69) is 13.8 Å². The Hall–Kier alpha value is -0.630. The molecule has 0 radical (unpaired) electrons. The molecule has 13 heavy (non-hydrogen) atoms. The van der Waals surface area contributed by atoms with Gasteiger partial charge in [0.2, 0.25) is 0 Å². The highest BCUT2D eigenvalue weighted by molar-refractivity contribution is 7.98. The van der Waals surface area contributed by atoms with Crippen LogP contribution in [0.1, 0.15) is 29.4 Å². The summed E-state index contributed by atoms with van der Waals surface area (Å²) >= 11 is 0.859. The van der Waals surface area contributed by atoms with Crippen LogP contribution in [0.4, 0.5) is 0 Å². The van der Waals surface area contributed by atoms with Gasteiger partial charge < -0.3 is 4.74 Å². The van der Waals surface area contributed by atoms with Crippen LogP contribution in [0.2, 0.25) is 0 Å². The Morgan fingerprint density at radius 3 is 2.77 bits per heavy atom. The molecule has 0 N–H and O–H groups in total. The third-order valence-electron chi connectivity index (χ3n) is 1.96. The molecule has 0 spiro atoms. The van der Waals surface area contributed by atoms with Crippen molar-refractivity contribution in [2.24, 2.45) is 0 Å². The van der Waals surface area contributed by atoms with Crippen LogP contribution in [0, 0.1) is 0 Å². The van der Waals surface area contributed by atoms with Gasteiger partial charge in [-0.15, -0.1) is 11.8 Å². The van der Waals surface area contributed by atoms with E-state index in [1.54, 1.807) is 7.11 Å². The summed E-state index contributed by atoms with van der Waals surface area (Å²) in [4.78, 5) is 0.675. The van der Waals surface area contributed by atoms with Crippen molar-refractivity contribution in [3.8, 4) is 5.75 Å². The first-order valence-corrected chi connectivity index (χ1v) is 5.02. The van der Waals surface area contributed by atoms with E-state index in [-0.39, 0.29) is 0 Å². The Morgan fingerprint density at radius 2 is 2.23 bits per heavy atom. The molecule has 0 atom stereocenters. The fraction of sp³-hybridized carbons (Fsp3) is 0.455. The maximum absolute atomic E-state index is 7.26. The molecule has 0 heterocycles.